The molecule has 0 unspecified atom stereocenters. The summed E-state index contributed by atoms with van der Waals surface area (Å²) in [5.74, 6) is 0. The molecule has 220 valence electrons. The Hall–Kier alpha value is 11.1. The van der Waals surface area contributed by atoms with Gasteiger partial charge in [-0.2, -0.15) is 0 Å². The number of hydrogen-bond acceptors (Lipinski definition) is 27. The van der Waals surface area contributed by atoms with Crippen LogP contribution in [0.15, 0.2) is 0 Å². The van der Waals surface area contributed by atoms with Crippen molar-refractivity contribution in [3.05, 3.63) is 0 Å². The van der Waals surface area contributed by atoms with Gasteiger partial charge < -0.3 is 0 Å². The molecule has 0 aromatic heterocycles. The van der Waals surface area contributed by atoms with Gasteiger partial charge in [0.05, 0.1) is 0 Å². The quantitative estimate of drug-likeness (QED) is 0.203. The maximum Gasteiger partial charge on any atom is 4.00 e. The van der Waals surface area contributed by atoms with E-state index < -0.39 is 204 Å². The zero-order valence-corrected chi connectivity index (χ0v) is 58.9. The van der Waals surface area contributed by atoms with Gasteiger partial charge in [-0.3, -0.25) is 0 Å². The summed E-state index contributed by atoms with van der Waals surface area (Å²) in [5, 5.41) is 0. The van der Waals surface area contributed by atoms with Crippen LogP contribution < -0.4 is 57.3 Å². The minimum atomic E-state index is -4.29. The Kier molecular flexibility index (Phi) is 222. The van der Waals surface area contributed by atoms with Crippen molar-refractivity contribution in [2.75, 3.05) is 0 Å². The first-order chi connectivity index (χ1) is 15.6. The topological polar surface area (TPSA) is 569 Å². The van der Waals surface area contributed by atoms with Gasteiger partial charge in [-0.25, -0.2) is 0 Å². The van der Waals surface area contributed by atoms with Crippen molar-refractivity contribution in [3.63, 3.8) is 0 Å². The van der Waals surface area contributed by atoms with E-state index in [-0.39, 0.29) is 169 Å². The van der Waals surface area contributed by atoms with Gasteiger partial charge in [0, 0.05) is 0 Å². The number of rotatable bonds is 0. The average Bonchev–Trinajstić information content (AvgIpc) is 2.39. The third kappa shape index (κ3) is 1040. The molecule has 0 aliphatic rings. The molecule has 0 aromatic carbocycles. The van der Waals surface area contributed by atoms with Crippen LogP contribution in [-0.4, -0.2) is 54.6 Å². The van der Waals surface area contributed by atoms with E-state index in [1.807, 2.05) is 0 Å². The molecule has 0 aliphatic heterocycles. The summed E-state index contributed by atoms with van der Waals surface area (Å²) in [7, 11) is 0. The summed E-state index contributed by atoms with van der Waals surface area (Å²) in [6.45, 7) is 0. The predicted molar refractivity (Wildman–Crippen MR) is 17.7 cm³/mol. The predicted octanol–water partition coefficient (Wildman–Crippen LogP) is -23.3. The second-order valence-electron chi connectivity index (χ2n) is 2.25. The zero-order valence-electron chi connectivity index (χ0n) is 18.7. The van der Waals surface area contributed by atoms with E-state index in [4.69, 9.17) is 82.6 Å². The fraction of sp³-hybridized carbons (Fsp3) is 0. The van der Waals surface area contributed by atoms with Crippen LogP contribution in [0.25, 0.3) is 0 Å². The summed E-state index contributed by atoms with van der Waals surface area (Å²) in [6, 6.07) is 0. The van der Waals surface area contributed by atoms with Gasteiger partial charge in [-0.15, -0.1) is 0 Å². The summed E-state index contributed by atoms with van der Waals surface area (Å²) in [4.78, 5) is 0. The monoisotopic (exact) mass is 2030 g/mol. The minimum Gasteiger partial charge on any atom is 2.00 e. The van der Waals surface area contributed by atoms with Crippen LogP contribution in [0.1, 0.15) is 0 Å². The molecule has 0 saturated heterocycles. The van der Waals surface area contributed by atoms with Gasteiger partial charge in [-0.1, -0.05) is 0 Å². The smallest absolute Gasteiger partial charge is 2.00 e. The Labute approximate surface area is 442 Å². The van der Waals surface area contributed by atoms with Crippen molar-refractivity contribution in [3.8, 4) is 0 Å². The molecule has 27 nitrogen and oxygen atoms in total. The van der Waals surface area contributed by atoms with E-state index in [9.17, 15) is 0 Å². The first kappa shape index (κ1) is 99.3. The van der Waals surface area contributed by atoms with E-state index in [1.165, 1.54) is 0 Å². The van der Waals surface area contributed by atoms with Crippen molar-refractivity contribution >= 4 is 54.6 Å². The van der Waals surface area contributed by atoms with Crippen LogP contribution in [0, 0.1) is 71.2 Å². The van der Waals surface area contributed by atoms with Gasteiger partial charge in [0.2, 0.25) is 0 Å². The summed E-state index contributed by atoms with van der Waals surface area (Å²) < 4.78 is 233. The van der Waals surface area contributed by atoms with Gasteiger partial charge in [-0.05, 0) is 0 Å². The van der Waals surface area contributed by atoms with Crippen LogP contribution in [0.2, 0.25) is 0 Å². The molecule has 0 aromatic rings. The SMILES string of the molecule is [La+3].[La+3].[O]=[Zr]([O-])[O-].[O]=[Zr]([O-])[O-].[O]=[Zr]([O-])[O-].[O]=[Zr]([O-])[O-].[O]=[Zr]([O-])[O-].[O]=[Zr]([O-])[O-].[O]=[Zr]([O-])[O-].[O]=[Zr]([O-])[O-].[O]=[Zr]([O-])[O-].[Pb+2].[Pb+2].[Ti+4].[Ti+4]. The second kappa shape index (κ2) is 93.7. The molecular weight excluding hydrogens is 2040 g/mol. The van der Waals surface area contributed by atoms with E-state index in [2.05, 4.69) is 0 Å². The van der Waals surface area contributed by atoms with E-state index >= 15 is 0 Å². The third-order valence-corrected chi connectivity index (χ3v) is 0. The molecular formula is La2O27Pb2Ti2Zr9. The zero-order chi connectivity index (χ0) is 32.2. The van der Waals surface area contributed by atoms with E-state index in [1.54, 1.807) is 0 Å². The Morgan fingerprint density at radius 1 is 0.214 bits per heavy atom. The standard InChI is InChI=1S/2La.27O.2Pb.2Ti.9Zr/q2*+3;;;;;;;;;;18*-1;2*+2;2*+4;;;;;;;;;. The summed E-state index contributed by atoms with van der Waals surface area (Å²) in [5.41, 5.74) is 0. The molecule has 0 atom stereocenters. The van der Waals surface area contributed by atoms with Gasteiger partial charge >= 0.3 is 456 Å². The van der Waals surface area contributed by atoms with Crippen molar-refractivity contribution in [2.24, 2.45) is 0 Å². The Morgan fingerprint density at radius 2 is 0.214 bits per heavy atom. The molecule has 0 heterocycles. The van der Waals surface area contributed by atoms with E-state index in [0.29, 0.717) is 0 Å². The Bertz CT molecular complexity index is 442. The largest absolute Gasteiger partial charge is 4.00 e. The first-order valence-electron chi connectivity index (χ1n) is 5.51. The fourth-order valence-electron chi connectivity index (χ4n) is 0. The maximum atomic E-state index is 8.61. The van der Waals surface area contributed by atoms with Crippen LogP contribution >= 0.6 is 0 Å². The molecule has 0 aliphatic carbocycles. The molecule has 0 saturated carbocycles. The molecule has 0 amide bonds. The molecule has 42 heavy (non-hydrogen) atoms. The number of hydrogen-bond donors (Lipinski definition) is 0. The molecule has 0 fully saturated rings. The maximum absolute atomic E-state index is 8.61. The molecule has 4 radical (unpaired) electrons. The third-order valence-electron chi connectivity index (χ3n) is 0. The normalized spacial score (nSPS) is 5.57. The van der Waals surface area contributed by atoms with Crippen molar-refractivity contribution in [1.82, 2.24) is 0 Å². The second-order valence-corrected chi connectivity index (χ2v) is 13.3. The molecule has 0 spiro atoms. The van der Waals surface area contributed by atoms with Crippen molar-refractivity contribution < 1.29 is 401 Å². The van der Waals surface area contributed by atoms with Crippen LogP contribution in [0.3, 0.4) is 0 Å². The van der Waals surface area contributed by atoms with Gasteiger partial charge in [0.25, 0.3) is 0 Å². The Morgan fingerprint density at radius 3 is 0.214 bits per heavy atom. The minimum absolute atomic E-state index is 0. The van der Waals surface area contributed by atoms with Crippen LogP contribution in [0.5, 0.6) is 0 Å². The van der Waals surface area contributed by atoms with Gasteiger partial charge in [0.1, 0.15) is 0 Å². The average molecular weight is 2040 g/mol. The first-order valence-corrected chi connectivity index (χ1v) is 32.6. The molecule has 42 heteroatoms. The molecule has 0 bridgehead atoms. The van der Waals surface area contributed by atoms with Gasteiger partial charge in [0.15, 0.2) is 0 Å². The van der Waals surface area contributed by atoms with Crippen LogP contribution in [0.4, 0.5) is 0 Å². The summed E-state index contributed by atoms with van der Waals surface area (Å²) >= 11 is -38.6. The molecule has 0 rings (SSSR count). The summed E-state index contributed by atoms with van der Waals surface area (Å²) in [6.07, 6.45) is 0. The van der Waals surface area contributed by atoms with Crippen LogP contribution in [-0.2, 0) is 272 Å². The fourth-order valence-corrected chi connectivity index (χ4v) is 0. The van der Waals surface area contributed by atoms with E-state index in [0.717, 1.165) is 0 Å². The van der Waals surface area contributed by atoms with Crippen molar-refractivity contribution in [2.45, 2.75) is 0 Å². The Balaban J connectivity index is -0.0000000148. The van der Waals surface area contributed by atoms with Crippen molar-refractivity contribution in [1.29, 1.82) is 0 Å². The molecule has 0 N–H and O–H groups in total.